The van der Waals surface area contributed by atoms with Gasteiger partial charge in [0.15, 0.2) is 0 Å². The van der Waals surface area contributed by atoms with Crippen LogP contribution in [0.3, 0.4) is 0 Å². The molecule has 1 aliphatic carbocycles. The van der Waals surface area contributed by atoms with Gasteiger partial charge in [-0.3, -0.25) is 14.5 Å². The Kier molecular flexibility index (Phi) is 3.05. The second kappa shape index (κ2) is 4.31. The van der Waals surface area contributed by atoms with Crippen molar-refractivity contribution in [1.29, 1.82) is 0 Å². The van der Waals surface area contributed by atoms with Crippen LogP contribution in [0.15, 0.2) is 0 Å². The molecule has 1 saturated carbocycles. The van der Waals surface area contributed by atoms with E-state index in [0.29, 0.717) is 0 Å². The molecule has 0 unspecified atom stereocenters. The van der Waals surface area contributed by atoms with Crippen LogP contribution >= 0.6 is 0 Å². The highest BCUT2D eigenvalue weighted by Crippen LogP contribution is 2.32. The van der Waals surface area contributed by atoms with Gasteiger partial charge in [-0.15, -0.1) is 0 Å². The summed E-state index contributed by atoms with van der Waals surface area (Å²) >= 11 is 0. The van der Waals surface area contributed by atoms with Crippen LogP contribution in [0.1, 0.15) is 32.6 Å². The van der Waals surface area contributed by atoms with Gasteiger partial charge in [-0.2, -0.15) is 0 Å². The van der Waals surface area contributed by atoms with Gasteiger partial charge in [0.25, 0.3) is 0 Å². The van der Waals surface area contributed by atoms with Crippen molar-refractivity contribution in [3.8, 4) is 0 Å². The van der Waals surface area contributed by atoms with Gasteiger partial charge in [0.2, 0.25) is 11.8 Å². The summed E-state index contributed by atoms with van der Waals surface area (Å²) in [6.07, 6.45) is 3.73. The Balaban J connectivity index is 2.03. The molecule has 0 radical (unpaired) electrons. The number of carbonyl (C=O) groups excluding carboxylic acids is 2. The minimum absolute atomic E-state index is 0.0643. The van der Waals surface area contributed by atoms with Crippen LogP contribution < -0.4 is 5.32 Å². The fourth-order valence-corrected chi connectivity index (χ4v) is 2.18. The smallest absolute Gasteiger partial charge is 0.232 e. The van der Waals surface area contributed by atoms with Crippen LogP contribution in [0.5, 0.6) is 0 Å². The molecule has 0 aromatic carbocycles. The molecule has 2 rings (SSSR count). The van der Waals surface area contributed by atoms with E-state index in [9.17, 15) is 9.59 Å². The molecule has 1 aliphatic heterocycles. The number of nitrogens with zero attached hydrogens (tertiary/aromatic N) is 1. The van der Waals surface area contributed by atoms with Gasteiger partial charge < -0.3 is 5.32 Å². The SMILES string of the molecule is CC(=O)N(C(=O)C1CC1)C1CCNCC1. The quantitative estimate of drug-likeness (QED) is 0.723. The summed E-state index contributed by atoms with van der Waals surface area (Å²) in [4.78, 5) is 24.9. The average Bonchev–Trinajstić information content (AvgIpc) is 3.02. The number of carbonyl (C=O) groups is 2. The highest BCUT2D eigenvalue weighted by Gasteiger charge is 2.38. The molecule has 0 bridgehead atoms. The summed E-state index contributed by atoms with van der Waals surface area (Å²) in [5.74, 6) is 0.122. The van der Waals surface area contributed by atoms with E-state index in [1.807, 2.05) is 0 Å². The maximum Gasteiger partial charge on any atom is 0.232 e. The lowest BCUT2D eigenvalue weighted by atomic mass is 10.0. The average molecular weight is 210 g/mol. The molecule has 0 aromatic heterocycles. The highest BCUT2D eigenvalue weighted by atomic mass is 16.2. The molecular weight excluding hydrogens is 192 g/mol. The lowest BCUT2D eigenvalue weighted by molar-refractivity contribution is -0.147. The van der Waals surface area contributed by atoms with Gasteiger partial charge in [-0.25, -0.2) is 0 Å². The van der Waals surface area contributed by atoms with E-state index in [0.717, 1.165) is 38.8 Å². The first kappa shape index (κ1) is 10.6. The number of rotatable bonds is 2. The summed E-state index contributed by atoms with van der Waals surface area (Å²) in [6, 6.07) is 0.136. The van der Waals surface area contributed by atoms with Crippen molar-refractivity contribution in [2.24, 2.45) is 5.92 Å². The monoisotopic (exact) mass is 210 g/mol. The van der Waals surface area contributed by atoms with E-state index >= 15 is 0 Å². The first-order valence-electron chi connectivity index (χ1n) is 5.74. The number of piperidine rings is 1. The molecule has 4 nitrogen and oxygen atoms in total. The van der Waals surface area contributed by atoms with Crippen LogP contribution in [-0.4, -0.2) is 35.8 Å². The first-order chi connectivity index (χ1) is 7.20. The van der Waals surface area contributed by atoms with Crippen molar-refractivity contribution in [2.45, 2.75) is 38.6 Å². The Bertz CT molecular complexity index is 268. The second-order valence-corrected chi connectivity index (χ2v) is 4.48. The molecule has 2 fully saturated rings. The molecule has 1 heterocycles. The Morgan fingerprint density at radius 1 is 1.13 bits per heavy atom. The molecule has 15 heavy (non-hydrogen) atoms. The van der Waals surface area contributed by atoms with Gasteiger partial charge in [-0.05, 0) is 38.8 Å². The minimum Gasteiger partial charge on any atom is -0.317 e. The molecule has 1 saturated heterocycles. The largest absolute Gasteiger partial charge is 0.317 e. The Morgan fingerprint density at radius 2 is 1.73 bits per heavy atom. The number of hydrogen-bond donors (Lipinski definition) is 1. The van der Waals surface area contributed by atoms with Crippen LogP contribution in [0.2, 0.25) is 0 Å². The second-order valence-electron chi connectivity index (χ2n) is 4.48. The maximum absolute atomic E-state index is 11.9. The van der Waals surface area contributed by atoms with E-state index in [4.69, 9.17) is 0 Å². The topological polar surface area (TPSA) is 49.4 Å². The zero-order chi connectivity index (χ0) is 10.8. The molecule has 4 heteroatoms. The summed E-state index contributed by atoms with van der Waals surface area (Å²) in [7, 11) is 0. The van der Waals surface area contributed by atoms with Crippen molar-refractivity contribution < 1.29 is 9.59 Å². The summed E-state index contributed by atoms with van der Waals surface area (Å²) < 4.78 is 0. The Morgan fingerprint density at radius 3 is 2.20 bits per heavy atom. The summed E-state index contributed by atoms with van der Waals surface area (Å²) in [6.45, 7) is 3.32. The first-order valence-corrected chi connectivity index (χ1v) is 5.74. The fraction of sp³-hybridized carbons (Fsp3) is 0.818. The van der Waals surface area contributed by atoms with Crippen LogP contribution in [0, 0.1) is 5.92 Å². The predicted molar refractivity (Wildman–Crippen MR) is 56.1 cm³/mol. The third-order valence-corrected chi connectivity index (χ3v) is 3.18. The molecule has 0 aromatic rings. The molecule has 2 aliphatic rings. The normalized spacial score (nSPS) is 22.5. The van der Waals surface area contributed by atoms with Crippen molar-refractivity contribution in [2.75, 3.05) is 13.1 Å². The Labute approximate surface area is 90.0 Å². The van der Waals surface area contributed by atoms with E-state index in [1.165, 1.54) is 11.8 Å². The third kappa shape index (κ3) is 2.37. The number of nitrogens with one attached hydrogen (secondary N) is 1. The van der Waals surface area contributed by atoms with Gasteiger partial charge in [0.1, 0.15) is 0 Å². The van der Waals surface area contributed by atoms with Gasteiger partial charge in [-0.1, -0.05) is 0 Å². The van der Waals surface area contributed by atoms with E-state index < -0.39 is 0 Å². The molecule has 0 spiro atoms. The highest BCUT2D eigenvalue weighted by molar-refractivity contribution is 5.96. The Hall–Kier alpha value is -0.900. The van der Waals surface area contributed by atoms with Crippen molar-refractivity contribution in [3.05, 3.63) is 0 Å². The van der Waals surface area contributed by atoms with Gasteiger partial charge >= 0.3 is 0 Å². The lowest BCUT2D eigenvalue weighted by Crippen LogP contribution is -2.48. The van der Waals surface area contributed by atoms with E-state index in [1.54, 1.807) is 0 Å². The number of amides is 2. The molecular formula is C11H18N2O2. The molecule has 1 N–H and O–H groups in total. The van der Waals surface area contributed by atoms with E-state index in [-0.39, 0.29) is 23.8 Å². The third-order valence-electron chi connectivity index (χ3n) is 3.18. The molecule has 0 atom stereocenters. The summed E-state index contributed by atoms with van der Waals surface area (Å²) in [5, 5.41) is 3.24. The van der Waals surface area contributed by atoms with Crippen LogP contribution in [-0.2, 0) is 9.59 Å². The predicted octanol–water partition coefficient (Wildman–Crippen LogP) is 0.524. The van der Waals surface area contributed by atoms with Gasteiger partial charge in [0.05, 0.1) is 0 Å². The fourth-order valence-electron chi connectivity index (χ4n) is 2.18. The zero-order valence-corrected chi connectivity index (χ0v) is 9.16. The zero-order valence-electron chi connectivity index (χ0n) is 9.16. The molecule has 84 valence electrons. The number of imide groups is 1. The number of hydrogen-bond acceptors (Lipinski definition) is 3. The summed E-state index contributed by atoms with van der Waals surface area (Å²) in [5.41, 5.74) is 0. The molecule has 2 amide bonds. The van der Waals surface area contributed by atoms with Crippen LogP contribution in [0.4, 0.5) is 0 Å². The van der Waals surface area contributed by atoms with Gasteiger partial charge in [0, 0.05) is 18.9 Å². The van der Waals surface area contributed by atoms with Crippen molar-refractivity contribution in [3.63, 3.8) is 0 Å². The standard InChI is InChI=1S/C11H18N2O2/c1-8(14)13(11(15)9-2-3-9)10-4-6-12-7-5-10/h9-10,12H,2-7H2,1H3. The minimum atomic E-state index is -0.0844. The lowest BCUT2D eigenvalue weighted by Gasteiger charge is -2.32. The van der Waals surface area contributed by atoms with Crippen molar-refractivity contribution in [1.82, 2.24) is 10.2 Å². The van der Waals surface area contributed by atoms with Crippen molar-refractivity contribution >= 4 is 11.8 Å². The maximum atomic E-state index is 11.9. The van der Waals surface area contributed by atoms with Crippen LogP contribution in [0.25, 0.3) is 0 Å². The van der Waals surface area contributed by atoms with E-state index in [2.05, 4.69) is 5.32 Å².